The third-order valence-corrected chi connectivity index (χ3v) is 4.96. The molecule has 136 valence electrons. The number of nitrogens with zero attached hydrogens (tertiary/aromatic N) is 2. The summed E-state index contributed by atoms with van der Waals surface area (Å²) in [5, 5.41) is 5.31. The zero-order valence-electron chi connectivity index (χ0n) is 13.9. The summed E-state index contributed by atoms with van der Waals surface area (Å²) in [7, 11) is 0. The molecule has 2 fully saturated rings. The van der Waals surface area contributed by atoms with Crippen LogP contribution >= 0.6 is 0 Å². The largest absolute Gasteiger partial charge is 0.369 e. The van der Waals surface area contributed by atoms with E-state index in [-0.39, 0.29) is 24.0 Å². The molecular weight excluding hydrogens is 343 g/mol. The first-order valence-corrected chi connectivity index (χ1v) is 8.48. The summed E-state index contributed by atoms with van der Waals surface area (Å²) in [5.74, 6) is -3.46. The van der Waals surface area contributed by atoms with Crippen LogP contribution in [0.3, 0.4) is 0 Å². The Kier molecular flexibility index (Phi) is 3.95. The van der Waals surface area contributed by atoms with Crippen LogP contribution in [0.5, 0.6) is 0 Å². The molecule has 0 bridgehead atoms. The lowest BCUT2D eigenvalue weighted by Gasteiger charge is -2.29. The van der Waals surface area contributed by atoms with Gasteiger partial charge in [0.05, 0.1) is 11.1 Å². The zero-order chi connectivity index (χ0) is 18.4. The smallest absolute Gasteiger partial charge is 0.265 e. The second-order valence-electron chi connectivity index (χ2n) is 6.53. The minimum atomic E-state index is -1.10. The Bertz CT molecular complexity index is 834. The van der Waals surface area contributed by atoms with Crippen molar-refractivity contribution in [3.05, 3.63) is 29.1 Å². The quantitative estimate of drug-likeness (QED) is 0.699. The summed E-state index contributed by atoms with van der Waals surface area (Å²) in [6, 6.07) is 1.67. The highest BCUT2D eigenvalue weighted by atomic mass is 19.1. The highest BCUT2D eigenvalue weighted by Gasteiger charge is 2.46. The molecule has 0 aromatic heterocycles. The summed E-state index contributed by atoms with van der Waals surface area (Å²) < 4.78 is 14.6. The van der Waals surface area contributed by atoms with E-state index >= 15 is 0 Å². The maximum Gasteiger partial charge on any atom is 0.265 e. The summed E-state index contributed by atoms with van der Waals surface area (Å²) in [4.78, 5) is 51.4. The molecular formula is C17H17FN4O4. The molecule has 1 atom stereocenters. The van der Waals surface area contributed by atoms with E-state index in [0.717, 1.165) is 18.0 Å². The van der Waals surface area contributed by atoms with Crippen molar-refractivity contribution in [2.24, 2.45) is 0 Å². The number of piperidine rings is 1. The highest BCUT2D eigenvalue weighted by molar-refractivity contribution is 6.23. The first-order chi connectivity index (χ1) is 12.5. The van der Waals surface area contributed by atoms with Crippen LogP contribution in [-0.4, -0.2) is 60.7 Å². The molecule has 1 unspecified atom stereocenters. The molecule has 0 spiro atoms. The number of halogens is 1. The first kappa shape index (κ1) is 16.6. The van der Waals surface area contributed by atoms with Gasteiger partial charge in [-0.2, -0.15) is 0 Å². The minimum absolute atomic E-state index is 0.0261. The van der Waals surface area contributed by atoms with Crippen LogP contribution in [0.2, 0.25) is 0 Å². The van der Waals surface area contributed by atoms with E-state index in [0.29, 0.717) is 18.8 Å². The Morgan fingerprint density at radius 2 is 1.77 bits per heavy atom. The second kappa shape index (κ2) is 6.17. The molecule has 2 saturated heterocycles. The topological polar surface area (TPSA) is 98.8 Å². The van der Waals surface area contributed by atoms with Gasteiger partial charge in [0.1, 0.15) is 11.9 Å². The molecule has 26 heavy (non-hydrogen) atoms. The first-order valence-electron chi connectivity index (χ1n) is 8.48. The Balaban J connectivity index is 1.68. The highest BCUT2D eigenvalue weighted by Crippen LogP contribution is 2.32. The molecule has 0 radical (unpaired) electrons. The number of imide groups is 2. The van der Waals surface area contributed by atoms with Crippen LogP contribution < -0.4 is 15.5 Å². The number of anilines is 1. The fourth-order valence-electron chi connectivity index (χ4n) is 3.64. The number of carbonyl (C=O) groups is 4. The molecule has 1 aromatic rings. The third-order valence-electron chi connectivity index (χ3n) is 4.96. The number of hydrogen-bond acceptors (Lipinski definition) is 6. The molecule has 8 nitrogen and oxygen atoms in total. The Morgan fingerprint density at radius 3 is 2.46 bits per heavy atom. The van der Waals surface area contributed by atoms with E-state index in [1.165, 1.54) is 12.1 Å². The van der Waals surface area contributed by atoms with Gasteiger partial charge in [0.25, 0.3) is 11.8 Å². The molecule has 2 N–H and O–H groups in total. The van der Waals surface area contributed by atoms with Crippen LogP contribution in [0, 0.1) is 5.82 Å². The maximum absolute atomic E-state index is 14.6. The molecule has 0 aliphatic carbocycles. The van der Waals surface area contributed by atoms with E-state index in [1.54, 1.807) is 0 Å². The number of hydrogen-bond donors (Lipinski definition) is 2. The molecule has 4 rings (SSSR count). The minimum Gasteiger partial charge on any atom is -0.369 e. The Hall–Kier alpha value is -2.81. The van der Waals surface area contributed by atoms with Crippen molar-refractivity contribution in [3.63, 3.8) is 0 Å². The van der Waals surface area contributed by atoms with E-state index < -0.39 is 35.5 Å². The second-order valence-corrected chi connectivity index (χ2v) is 6.53. The number of carbonyl (C=O) groups excluding carboxylic acids is 4. The number of nitrogens with one attached hydrogen (secondary N) is 2. The van der Waals surface area contributed by atoms with Gasteiger partial charge in [-0.1, -0.05) is 0 Å². The van der Waals surface area contributed by atoms with E-state index in [1.807, 2.05) is 4.90 Å². The Labute approximate surface area is 148 Å². The standard InChI is InChI=1S/C17H17FN4O4/c18-11-8-9(21-5-3-19-4-6-21)7-10-14(11)17(26)22(16(10)25)12-1-2-13(23)20-15(12)24/h7-8,12,19H,1-6H2,(H,20,23,24). The zero-order valence-corrected chi connectivity index (χ0v) is 13.9. The normalized spacial score (nSPS) is 23.3. The Morgan fingerprint density at radius 1 is 1.04 bits per heavy atom. The van der Waals surface area contributed by atoms with Crippen LogP contribution in [0.4, 0.5) is 10.1 Å². The van der Waals surface area contributed by atoms with Gasteiger partial charge in [0, 0.05) is 38.3 Å². The van der Waals surface area contributed by atoms with Gasteiger partial charge >= 0.3 is 0 Å². The van der Waals surface area contributed by atoms with Gasteiger partial charge in [-0.15, -0.1) is 0 Å². The molecule has 4 amide bonds. The molecule has 1 aromatic carbocycles. The average molecular weight is 360 g/mol. The number of piperazine rings is 1. The van der Waals surface area contributed by atoms with Crippen molar-refractivity contribution < 1.29 is 23.6 Å². The van der Waals surface area contributed by atoms with E-state index in [4.69, 9.17) is 0 Å². The predicted molar refractivity (Wildman–Crippen MR) is 88.2 cm³/mol. The van der Waals surface area contributed by atoms with Crippen molar-refractivity contribution in [2.75, 3.05) is 31.1 Å². The average Bonchev–Trinajstić information content (AvgIpc) is 2.87. The van der Waals surface area contributed by atoms with Gasteiger partial charge < -0.3 is 10.2 Å². The van der Waals surface area contributed by atoms with Crippen LogP contribution in [-0.2, 0) is 9.59 Å². The summed E-state index contributed by atoms with van der Waals surface area (Å²) in [6.07, 6.45) is 0.0702. The monoisotopic (exact) mass is 360 g/mol. The van der Waals surface area contributed by atoms with Crippen molar-refractivity contribution in [2.45, 2.75) is 18.9 Å². The van der Waals surface area contributed by atoms with Crippen molar-refractivity contribution >= 4 is 29.3 Å². The van der Waals surface area contributed by atoms with Gasteiger partial charge in [0.15, 0.2) is 0 Å². The van der Waals surface area contributed by atoms with Gasteiger partial charge in [-0.25, -0.2) is 4.39 Å². The lowest BCUT2D eigenvalue weighted by Crippen LogP contribution is -2.54. The van der Waals surface area contributed by atoms with Crippen molar-refractivity contribution in [3.8, 4) is 0 Å². The van der Waals surface area contributed by atoms with Crippen LogP contribution in [0.15, 0.2) is 12.1 Å². The predicted octanol–water partition coefficient (Wildman–Crippen LogP) is -0.363. The number of benzene rings is 1. The van der Waals surface area contributed by atoms with E-state index in [9.17, 15) is 23.6 Å². The number of fused-ring (bicyclic) bond motifs is 1. The molecule has 3 heterocycles. The van der Waals surface area contributed by atoms with Crippen molar-refractivity contribution in [1.82, 2.24) is 15.5 Å². The fraction of sp³-hybridized carbons (Fsp3) is 0.412. The molecule has 3 aliphatic heterocycles. The van der Waals surface area contributed by atoms with E-state index in [2.05, 4.69) is 10.6 Å². The van der Waals surface area contributed by atoms with Gasteiger partial charge in [-0.3, -0.25) is 29.4 Å². The lowest BCUT2D eigenvalue weighted by molar-refractivity contribution is -0.136. The van der Waals surface area contributed by atoms with Crippen LogP contribution in [0.1, 0.15) is 33.6 Å². The lowest BCUT2D eigenvalue weighted by atomic mass is 10.0. The summed E-state index contributed by atoms with van der Waals surface area (Å²) in [5.41, 5.74) is 0.195. The molecule has 0 saturated carbocycles. The fourth-order valence-corrected chi connectivity index (χ4v) is 3.64. The molecule has 9 heteroatoms. The van der Waals surface area contributed by atoms with Gasteiger partial charge in [0.2, 0.25) is 11.8 Å². The van der Waals surface area contributed by atoms with Crippen molar-refractivity contribution in [1.29, 1.82) is 0 Å². The van der Waals surface area contributed by atoms with Gasteiger partial charge in [-0.05, 0) is 18.6 Å². The third kappa shape index (κ3) is 2.55. The molecule has 3 aliphatic rings. The maximum atomic E-state index is 14.6. The number of rotatable bonds is 2. The van der Waals surface area contributed by atoms with Crippen LogP contribution in [0.25, 0.3) is 0 Å². The number of amides is 4. The SMILES string of the molecule is O=C1CCC(N2C(=O)c3cc(N4CCNCC4)cc(F)c3C2=O)C(=O)N1. The summed E-state index contributed by atoms with van der Waals surface area (Å²) in [6.45, 7) is 2.82. The summed E-state index contributed by atoms with van der Waals surface area (Å²) >= 11 is 0.